The van der Waals surface area contributed by atoms with Crippen LogP contribution >= 0.6 is 37.5 Å². The van der Waals surface area contributed by atoms with Crippen LogP contribution in [0.4, 0.5) is 0 Å². The van der Waals surface area contributed by atoms with Crippen LogP contribution in [-0.2, 0) is 92.8 Å². The van der Waals surface area contributed by atoms with Crippen LogP contribution in [0.1, 0.15) is 99.9 Å². The van der Waals surface area contributed by atoms with E-state index in [9.17, 15) is 48.4 Å². The number of rotatable bonds is 14. The van der Waals surface area contributed by atoms with Crippen molar-refractivity contribution in [3.05, 3.63) is 202 Å². The van der Waals surface area contributed by atoms with Crippen LogP contribution < -0.4 is 19.7 Å². The zero-order valence-corrected chi connectivity index (χ0v) is 58.7. The topological polar surface area (TPSA) is 260 Å². The molecule has 0 aromatic heterocycles. The molecule has 0 radical (unpaired) electrons. The molecule has 2 unspecified atom stereocenters. The smallest absolute Gasteiger partial charge is 0.335 e. The van der Waals surface area contributed by atoms with Gasteiger partial charge in [-0.05, 0) is 88.0 Å². The third-order valence-electron chi connectivity index (χ3n) is 17.8. The first-order chi connectivity index (χ1) is 44.8. The van der Waals surface area contributed by atoms with Crippen molar-refractivity contribution in [2.45, 2.75) is 98.2 Å². The molecule has 5 heterocycles. The SMILES string of the molecule is CC1(C)COP(=O)(Cc2cc(C(C)(C)c3cc(CP4(=O)OCC(C)(C)CO4)c(O)c(CP4(=O)OCC(C)(C)CO4)c3)cc(CO)c2O)OC1.O=P1(Cc2cc(-c3ccc(O)cc3)cc(CP3(=O)Oc4ccccc4-c4ccccc43)c2O)Oc2ccccc2-c2ccccc21. The van der Waals surface area contributed by atoms with E-state index < -0.39 is 49.5 Å². The number of aromatic hydroxyl groups is 4. The fourth-order valence-corrected chi connectivity index (χ4v) is 22.9. The summed E-state index contributed by atoms with van der Waals surface area (Å²) in [5.41, 5.74) is 6.08. The number of para-hydroxylation sites is 2. The van der Waals surface area contributed by atoms with Gasteiger partial charge in [-0.15, -0.1) is 0 Å². The van der Waals surface area contributed by atoms with Gasteiger partial charge in [-0.1, -0.05) is 159 Å². The Hall–Kier alpha value is -6.57. The molecule has 8 aromatic carbocycles. The predicted molar refractivity (Wildman–Crippen MR) is 367 cm³/mol. The van der Waals surface area contributed by atoms with Crippen LogP contribution in [0, 0.1) is 16.2 Å². The summed E-state index contributed by atoms with van der Waals surface area (Å²) < 4.78 is 118. The standard InChI is InChI=1S/C38H28O6P2.C34H51O12P3/c39-29-19-17-25(18-20-29)26-21-27(23-45(41)36-15-7-3-11-32(36)30-9-1-5-13-34(30)43-45)38(40)28(22-26)24-46(42)37-16-8-4-12-33(37)31-10-2-6-14-35(31)44-46;1-31(2)17-41-47(38,42-18-31)14-24-10-27(9-23(13-35)29(24)36)34(7,8)28-11-25(15-48(39)43-19-32(3,4)20-44-48)30(37)26(12-28)16-49(40)45-21-33(5,6)22-46-49/h1-22,39-40H,23-24H2;9-12,35-37H,13-22H2,1-8H3. The second-order valence-corrected chi connectivity index (χ2v) is 38.9. The fourth-order valence-electron chi connectivity index (χ4n) is 12.1. The lowest BCUT2D eigenvalue weighted by Gasteiger charge is -2.35. The van der Waals surface area contributed by atoms with E-state index in [-0.39, 0.29) is 132 Å². The van der Waals surface area contributed by atoms with Gasteiger partial charge in [-0.3, -0.25) is 22.8 Å². The van der Waals surface area contributed by atoms with Crippen LogP contribution in [0.25, 0.3) is 33.4 Å². The van der Waals surface area contributed by atoms with E-state index in [0.717, 1.165) is 27.8 Å². The van der Waals surface area contributed by atoms with Gasteiger partial charge in [0, 0.05) is 66.2 Å². The minimum atomic E-state index is -3.66. The van der Waals surface area contributed by atoms with Crippen molar-refractivity contribution >= 4 is 48.1 Å². The normalized spacial score (nSPS) is 21.6. The summed E-state index contributed by atoms with van der Waals surface area (Å²) in [6, 6.07) is 47.0. The van der Waals surface area contributed by atoms with Crippen molar-refractivity contribution in [3.63, 3.8) is 0 Å². The van der Waals surface area contributed by atoms with Gasteiger partial charge in [-0.25, -0.2) is 0 Å². The van der Waals surface area contributed by atoms with E-state index in [0.29, 0.717) is 49.9 Å². The molecule has 8 aromatic rings. The number of phenolic OH excluding ortho intramolecular Hbond substituents is 3. The number of fused-ring (bicyclic) bond motifs is 6. The van der Waals surface area contributed by atoms with Gasteiger partial charge in [0.15, 0.2) is 0 Å². The Morgan fingerprint density at radius 3 is 1.04 bits per heavy atom. The maximum absolute atomic E-state index is 14.9. The van der Waals surface area contributed by atoms with Crippen molar-refractivity contribution in [2.24, 2.45) is 16.2 Å². The molecule has 5 N–H and O–H groups in total. The van der Waals surface area contributed by atoms with Gasteiger partial charge >= 0.3 is 22.8 Å². The summed E-state index contributed by atoms with van der Waals surface area (Å²) in [4.78, 5) is 0. The summed E-state index contributed by atoms with van der Waals surface area (Å²) in [5, 5.41) is 55.9. The Morgan fingerprint density at radius 2 is 0.684 bits per heavy atom. The van der Waals surface area contributed by atoms with Crippen LogP contribution in [0.3, 0.4) is 0 Å². The van der Waals surface area contributed by atoms with Gasteiger partial charge in [-0.2, -0.15) is 0 Å². The molecular formula is C72H79O18P5. The van der Waals surface area contributed by atoms with E-state index >= 15 is 0 Å². The van der Waals surface area contributed by atoms with Gasteiger partial charge in [0.05, 0.1) is 87.7 Å². The number of benzene rings is 8. The monoisotopic (exact) mass is 1390 g/mol. The van der Waals surface area contributed by atoms with Gasteiger partial charge < -0.3 is 61.7 Å². The van der Waals surface area contributed by atoms with Crippen LogP contribution in [0.5, 0.6) is 34.5 Å². The lowest BCUT2D eigenvalue weighted by atomic mass is 9.76. The van der Waals surface area contributed by atoms with Crippen LogP contribution in [0.15, 0.2) is 158 Å². The largest absolute Gasteiger partial charge is 0.508 e. The summed E-state index contributed by atoms with van der Waals surface area (Å²) in [5.74, 6) is 0.640. The van der Waals surface area contributed by atoms with E-state index in [1.807, 2.05) is 140 Å². The molecule has 0 bridgehead atoms. The maximum atomic E-state index is 14.9. The van der Waals surface area contributed by atoms with Crippen LogP contribution in [0.2, 0.25) is 0 Å². The molecular weight excluding hydrogens is 1310 g/mol. The zero-order chi connectivity index (χ0) is 67.7. The molecule has 3 saturated heterocycles. The lowest BCUT2D eigenvalue weighted by Crippen LogP contribution is -2.30. The Labute approximate surface area is 554 Å². The quantitative estimate of drug-likeness (QED) is 0.0634. The molecule has 95 heavy (non-hydrogen) atoms. The second-order valence-electron chi connectivity index (χ2n) is 28.1. The van der Waals surface area contributed by atoms with E-state index in [1.165, 1.54) is 0 Å². The molecule has 2 atom stereocenters. The fraction of sp³-hybridized carbons (Fsp3) is 0.333. The van der Waals surface area contributed by atoms with Gasteiger partial charge in [0.1, 0.15) is 34.5 Å². The Bertz CT molecular complexity index is 4320. The maximum Gasteiger partial charge on any atom is 0.335 e. The van der Waals surface area contributed by atoms with Crippen LogP contribution in [-0.4, -0.2) is 65.2 Å². The zero-order valence-electron chi connectivity index (χ0n) is 54.3. The second kappa shape index (κ2) is 25.7. The average molecular weight is 1390 g/mol. The van der Waals surface area contributed by atoms with Gasteiger partial charge in [0.25, 0.3) is 14.7 Å². The molecule has 5 aliphatic rings. The van der Waals surface area contributed by atoms with Crippen molar-refractivity contribution < 1.29 is 84.5 Å². The summed E-state index contributed by atoms with van der Waals surface area (Å²) >= 11 is 0. The highest BCUT2D eigenvalue weighted by molar-refractivity contribution is 7.67. The highest BCUT2D eigenvalue weighted by atomic mass is 31.2. The predicted octanol–water partition coefficient (Wildman–Crippen LogP) is 17.3. The first kappa shape index (κ1) is 68.4. The number of aliphatic hydroxyl groups excluding tert-OH is 1. The van der Waals surface area contributed by atoms with Gasteiger partial charge in [0.2, 0.25) is 0 Å². The molecule has 13 rings (SSSR count). The van der Waals surface area contributed by atoms with Crippen molar-refractivity contribution in [3.8, 4) is 67.9 Å². The Morgan fingerprint density at radius 1 is 0.379 bits per heavy atom. The molecule has 0 amide bonds. The number of hydrogen-bond acceptors (Lipinski definition) is 18. The highest BCUT2D eigenvalue weighted by Crippen LogP contribution is 2.64. The molecule has 5 aliphatic heterocycles. The lowest BCUT2D eigenvalue weighted by molar-refractivity contribution is 0.0405. The molecule has 0 saturated carbocycles. The Balaban J connectivity index is 0.000000182. The Kier molecular flexibility index (Phi) is 18.5. The molecule has 0 aliphatic carbocycles. The number of aliphatic hydroxyl groups is 1. The number of hydrogen-bond donors (Lipinski definition) is 5. The third kappa shape index (κ3) is 14.4. The van der Waals surface area contributed by atoms with E-state index in [1.54, 1.807) is 72.8 Å². The molecule has 3 fully saturated rings. The number of phenols is 4. The minimum Gasteiger partial charge on any atom is -0.508 e. The molecule has 18 nitrogen and oxygen atoms in total. The first-order valence-corrected chi connectivity index (χ1v) is 40.1. The van der Waals surface area contributed by atoms with E-state index in [2.05, 4.69) is 0 Å². The molecule has 0 spiro atoms. The summed E-state index contributed by atoms with van der Waals surface area (Å²) in [6.07, 6.45) is -0.856. The summed E-state index contributed by atoms with van der Waals surface area (Å²) in [6.45, 7) is 16.3. The van der Waals surface area contributed by atoms with E-state index in [4.69, 9.17) is 36.2 Å². The first-order valence-electron chi connectivity index (χ1n) is 31.3. The summed E-state index contributed by atoms with van der Waals surface area (Å²) in [7, 11) is -18.1. The third-order valence-corrected chi connectivity index (χ3v) is 27.8. The highest BCUT2D eigenvalue weighted by Gasteiger charge is 2.44. The molecule has 23 heteroatoms. The average Bonchev–Trinajstić information content (AvgIpc) is 0.753. The van der Waals surface area contributed by atoms with Crippen molar-refractivity contribution in [1.82, 2.24) is 0 Å². The minimum absolute atomic E-state index is 0.0896. The van der Waals surface area contributed by atoms with Crippen molar-refractivity contribution in [2.75, 3.05) is 39.6 Å². The van der Waals surface area contributed by atoms with Crippen molar-refractivity contribution in [1.29, 1.82) is 0 Å². The molecule has 500 valence electrons.